The third-order valence-corrected chi connectivity index (χ3v) is 32.7. The average Bonchev–Trinajstić information content (AvgIpc) is 1.49. The highest BCUT2D eigenvalue weighted by Crippen LogP contribution is 2.52. The van der Waals surface area contributed by atoms with Gasteiger partial charge in [0, 0.05) is 18.2 Å². The van der Waals surface area contributed by atoms with Gasteiger partial charge in [-0.3, -0.25) is 14.3 Å². The lowest BCUT2D eigenvalue weighted by Gasteiger charge is -2.52. The van der Waals surface area contributed by atoms with Crippen LogP contribution in [0.15, 0.2) is 131 Å². The van der Waals surface area contributed by atoms with Crippen LogP contribution in [0, 0.1) is 6.92 Å². The van der Waals surface area contributed by atoms with E-state index in [-0.39, 0.29) is 30.7 Å². The Labute approximate surface area is 728 Å². The maximum Gasteiger partial charge on any atom is 0.338 e. The molecule has 0 aliphatic carbocycles. The zero-order valence-electron chi connectivity index (χ0n) is 76.9. The number of H-pyrrole nitrogens is 1. The molecule has 2 N–H and O–H groups in total. The number of methoxy groups -OCH3 is 2. The summed E-state index contributed by atoms with van der Waals surface area (Å²) in [5.74, 6) is 2.75. The fraction of sp³-hybridized carbons (Fsp3) is 0.667. The van der Waals surface area contributed by atoms with Crippen molar-refractivity contribution in [1.82, 2.24) is 9.55 Å². The fourth-order valence-electron chi connectivity index (χ4n) is 18.9. The van der Waals surface area contributed by atoms with Crippen molar-refractivity contribution in [2.75, 3.05) is 40.6 Å². The minimum absolute atomic E-state index is 0.00197. The Hall–Kier alpha value is -6.65. The van der Waals surface area contributed by atoms with Crippen molar-refractivity contribution in [1.29, 1.82) is 0 Å². The first kappa shape index (κ1) is 100. The maximum atomic E-state index is 14.8. The van der Waals surface area contributed by atoms with E-state index in [2.05, 4.69) is 53.5 Å². The highest BCUT2D eigenvalue weighted by Gasteiger charge is 2.66. The number of aromatic amines is 1. The Balaban J connectivity index is 1.11. The highest BCUT2D eigenvalue weighted by molar-refractivity contribution is 6.96. The van der Waals surface area contributed by atoms with Crippen molar-refractivity contribution in [3.05, 3.63) is 176 Å². The molecular weight excluding hydrogens is 1510 g/mol. The van der Waals surface area contributed by atoms with Crippen LogP contribution in [-0.4, -0.2) is 80.7 Å². The van der Waals surface area contributed by atoms with Gasteiger partial charge >= 0.3 is 11.7 Å². The van der Waals surface area contributed by atoms with Gasteiger partial charge < -0.3 is 43.0 Å². The van der Waals surface area contributed by atoms with Crippen LogP contribution in [0.5, 0.6) is 28.7 Å². The van der Waals surface area contributed by atoms with Crippen LogP contribution in [-0.2, 0) is 26.4 Å². The number of carbonyl (C=O) groups excluding carboxylic acids is 1. The molecule has 0 radical (unpaired) electrons. The number of aliphatic hydroxyl groups is 1. The van der Waals surface area contributed by atoms with Crippen LogP contribution in [0.4, 0.5) is 0 Å². The second-order valence-corrected chi connectivity index (χ2v) is 41.2. The molecule has 14 nitrogen and oxygen atoms in total. The minimum Gasteiger partial charge on any atom is -0.497 e. The number of hydrogen-bond donors (Lipinski definition) is 2. The number of nitrogens with zero attached hydrogens (tertiary/aromatic N) is 1. The van der Waals surface area contributed by atoms with Crippen LogP contribution in [0.2, 0.25) is 11.1 Å². The van der Waals surface area contributed by atoms with E-state index >= 15 is 0 Å². The standard InChI is InChI=1S/C105H164N2O12Si/c1-11-14-17-20-23-26-29-32-35-38-41-44-47-50-53-59-76-114-96-79-88(80-97(115-77-60-54-51-48-45-42-39-36-33-30-27-24-21-18-15-12-2)100(96)116-78-61-55-52-49-46-43-40-37-34-31-28-25-22-19-16-13-3)83-117-102(109)89-64-74-95(75-65-89)120(85(4)5,86(6)7)104(111)81-99(107-82-87(8)101(108)106-103(107)110)119-98(104)84-118-105(90-62-57-56-58-63-90,91-66-70-93(112-9)71-67-91)92-68-72-94(113-10)73-69-92/h56-58,62-75,79-80,82,85-86,98-99,111H,11-55,59-61,76-78,81,83-84H2,1-10H3,(H,106,108,110)/t98-,99-,104-/m1/s1. The number of esters is 1. The predicted molar refractivity (Wildman–Crippen MR) is 501 cm³/mol. The molecule has 0 spiro atoms. The van der Waals surface area contributed by atoms with E-state index in [1.165, 1.54) is 280 Å². The van der Waals surface area contributed by atoms with E-state index in [1.807, 2.05) is 115 Å². The molecule has 15 heteroatoms. The number of carbonyl (C=O) groups is 1. The topological polar surface area (TPSA) is 166 Å². The molecule has 1 saturated heterocycles. The molecule has 1 aliphatic rings. The van der Waals surface area contributed by atoms with Gasteiger partial charge in [-0.25, -0.2) is 9.59 Å². The third kappa shape index (κ3) is 32.8. The van der Waals surface area contributed by atoms with Crippen molar-refractivity contribution in [3.63, 3.8) is 0 Å². The van der Waals surface area contributed by atoms with E-state index in [0.29, 0.717) is 59.7 Å². The summed E-state index contributed by atoms with van der Waals surface area (Å²) in [5.41, 5.74) is 1.18. The van der Waals surface area contributed by atoms with Crippen molar-refractivity contribution in [3.8, 4) is 28.7 Å². The summed E-state index contributed by atoms with van der Waals surface area (Å²) in [6.45, 7) is 18.7. The van der Waals surface area contributed by atoms with E-state index < -0.39 is 48.4 Å². The van der Waals surface area contributed by atoms with Gasteiger partial charge in [0.2, 0.25) is 5.75 Å². The van der Waals surface area contributed by atoms with Gasteiger partial charge in [0.05, 0.1) is 51.4 Å². The van der Waals surface area contributed by atoms with Gasteiger partial charge in [0.1, 0.15) is 44.1 Å². The van der Waals surface area contributed by atoms with Crippen LogP contribution in [0.1, 0.15) is 407 Å². The molecule has 1 aliphatic heterocycles. The normalized spacial score (nSPS) is 15.0. The molecule has 3 atom stereocenters. The Morgan fingerprint density at radius 1 is 0.483 bits per heavy atom. The highest BCUT2D eigenvalue weighted by atomic mass is 28.3. The number of aryl methyl sites for hydroxylation is 1. The van der Waals surface area contributed by atoms with Gasteiger partial charge in [-0.2, -0.15) is 0 Å². The quantitative estimate of drug-likeness (QED) is 0.0161. The summed E-state index contributed by atoms with van der Waals surface area (Å²) in [6.07, 6.45) is 61.9. The summed E-state index contributed by atoms with van der Waals surface area (Å²) in [6, 6.07) is 37.3. The molecule has 1 fully saturated rings. The van der Waals surface area contributed by atoms with Crippen molar-refractivity contribution in [2.45, 2.75) is 411 Å². The molecule has 0 bridgehead atoms. The lowest BCUT2D eigenvalue weighted by Crippen LogP contribution is -2.73. The first-order valence-corrected chi connectivity index (χ1v) is 50.8. The summed E-state index contributed by atoms with van der Waals surface area (Å²) in [5, 5.41) is 13.8. The van der Waals surface area contributed by atoms with Gasteiger partial charge in [-0.1, -0.05) is 409 Å². The fourth-order valence-corrected chi connectivity index (χ4v) is 25.9. The van der Waals surface area contributed by atoms with E-state index in [9.17, 15) is 19.5 Å². The van der Waals surface area contributed by atoms with Gasteiger partial charge in [0.25, 0.3) is 5.56 Å². The molecular formula is C105H164N2O12Si. The van der Waals surface area contributed by atoms with E-state index in [0.717, 1.165) is 66.0 Å². The smallest absolute Gasteiger partial charge is 0.338 e. The van der Waals surface area contributed by atoms with Gasteiger partial charge in [-0.15, -0.1) is 0 Å². The summed E-state index contributed by atoms with van der Waals surface area (Å²) < 4.78 is 54.4. The second kappa shape index (κ2) is 58.5. The first-order valence-electron chi connectivity index (χ1n) is 48.6. The monoisotopic (exact) mass is 1670 g/mol. The number of benzene rings is 5. The largest absolute Gasteiger partial charge is 0.497 e. The van der Waals surface area contributed by atoms with Crippen LogP contribution < -0.4 is 40.1 Å². The number of hydrogen-bond acceptors (Lipinski definition) is 12. The van der Waals surface area contributed by atoms with Crippen molar-refractivity contribution >= 4 is 19.2 Å². The average molecular weight is 1670 g/mol. The molecule has 0 saturated carbocycles. The van der Waals surface area contributed by atoms with Gasteiger partial charge in [-0.05, 0) is 108 Å². The number of rotatable bonds is 70. The van der Waals surface area contributed by atoms with E-state index in [1.54, 1.807) is 21.1 Å². The van der Waals surface area contributed by atoms with Gasteiger partial charge in [0.15, 0.2) is 11.5 Å². The zero-order valence-corrected chi connectivity index (χ0v) is 77.9. The molecule has 0 amide bonds. The van der Waals surface area contributed by atoms with Crippen LogP contribution in [0.25, 0.3) is 0 Å². The maximum absolute atomic E-state index is 14.8. The predicted octanol–water partition coefficient (Wildman–Crippen LogP) is 27.9. The lowest BCUT2D eigenvalue weighted by molar-refractivity contribution is -0.104. The summed E-state index contributed by atoms with van der Waals surface area (Å²) in [7, 11) is -0.188. The Morgan fingerprint density at radius 3 is 1.19 bits per heavy atom. The lowest BCUT2D eigenvalue weighted by atomic mass is 9.80. The number of nitrogens with one attached hydrogen (secondary N) is 1. The number of ether oxygens (including phenoxy) is 8. The molecule has 2 heterocycles. The van der Waals surface area contributed by atoms with Crippen LogP contribution >= 0.6 is 0 Å². The third-order valence-electron chi connectivity index (χ3n) is 25.8. The number of aromatic nitrogens is 2. The van der Waals surface area contributed by atoms with Crippen molar-refractivity contribution < 1.29 is 47.8 Å². The Bertz CT molecular complexity index is 3670. The Morgan fingerprint density at radius 2 is 0.833 bits per heavy atom. The summed E-state index contributed by atoms with van der Waals surface area (Å²) in [4.78, 5) is 44.3. The second-order valence-electron chi connectivity index (χ2n) is 35.7. The first-order chi connectivity index (χ1) is 58.6. The molecule has 120 heavy (non-hydrogen) atoms. The molecule has 1 aromatic heterocycles. The minimum atomic E-state index is -3.47. The van der Waals surface area contributed by atoms with Crippen molar-refractivity contribution in [2.24, 2.45) is 0 Å². The van der Waals surface area contributed by atoms with E-state index in [4.69, 9.17) is 37.9 Å². The molecule has 6 aromatic rings. The molecule has 670 valence electrons. The summed E-state index contributed by atoms with van der Waals surface area (Å²) >= 11 is 0. The zero-order chi connectivity index (χ0) is 85.7. The molecule has 0 unspecified atom stereocenters. The molecule has 7 rings (SSSR count). The molecule has 5 aromatic carbocycles. The number of unbranched alkanes of at least 4 members (excludes halogenated alkanes) is 45. The SMILES string of the molecule is CCCCCCCCCCCCCCCCCCOc1cc(COC(=O)c2ccc([Si](C(C)C)(C(C)C)[C@]3(O)C[C@H](n4cc(C)c(=O)[nH]c4=O)O[C@@H]3COC(c3ccccc3)(c3ccc(OC)cc3)c3ccc(OC)cc3)cc2)cc(OCCCCCCCCCCCCCCCCCC)c1OCCCCCCCCCCCCCCCCCC. The van der Waals surface area contributed by atoms with Crippen LogP contribution in [0.3, 0.4) is 0 Å². The Kier molecular flexibility index (Phi) is 48.9.